The van der Waals surface area contributed by atoms with E-state index >= 15 is 0 Å². The molecule has 1 heterocycles. The number of hydrogen-bond donors (Lipinski definition) is 1. The Morgan fingerprint density at radius 3 is 2.62 bits per heavy atom. The maximum absolute atomic E-state index is 8.71. The molecule has 0 amide bonds. The first-order valence-corrected chi connectivity index (χ1v) is 8.01. The Kier molecular flexibility index (Phi) is 6.01. The van der Waals surface area contributed by atoms with Crippen molar-refractivity contribution >= 4 is 11.3 Å². The normalized spacial score (nSPS) is 12.0. The minimum atomic E-state index is 0.122. The predicted molar refractivity (Wildman–Crippen MR) is 89.2 cm³/mol. The van der Waals surface area contributed by atoms with Gasteiger partial charge in [0.25, 0.3) is 0 Å². The van der Waals surface area contributed by atoms with E-state index in [0.717, 1.165) is 12.1 Å². The zero-order valence-electron chi connectivity index (χ0n) is 12.5. The van der Waals surface area contributed by atoms with Gasteiger partial charge in [-0.15, -0.1) is 11.3 Å². The van der Waals surface area contributed by atoms with E-state index in [9.17, 15) is 0 Å². The summed E-state index contributed by atoms with van der Waals surface area (Å²) >= 11 is 1.80. The van der Waals surface area contributed by atoms with E-state index < -0.39 is 0 Å². The summed E-state index contributed by atoms with van der Waals surface area (Å²) in [5, 5.41) is 10.8. The van der Waals surface area contributed by atoms with Gasteiger partial charge in [-0.3, -0.25) is 4.90 Å². The van der Waals surface area contributed by atoms with Gasteiger partial charge in [-0.05, 0) is 43.1 Å². The van der Waals surface area contributed by atoms with Crippen molar-refractivity contribution < 1.29 is 5.11 Å². The zero-order chi connectivity index (χ0) is 15.1. The van der Waals surface area contributed by atoms with Gasteiger partial charge >= 0.3 is 0 Å². The molecule has 0 aliphatic rings. The third-order valence-electron chi connectivity index (χ3n) is 3.47. The van der Waals surface area contributed by atoms with Crippen molar-refractivity contribution in [1.29, 1.82) is 0 Å². The molecule has 0 spiro atoms. The van der Waals surface area contributed by atoms with Gasteiger partial charge in [0.1, 0.15) is 0 Å². The summed E-state index contributed by atoms with van der Waals surface area (Å²) in [6, 6.07) is 13.1. The predicted octanol–water partition coefficient (Wildman–Crippen LogP) is 3.68. The fourth-order valence-corrected chi connectivity index (χ4v) is 2.93. The van der Waals surface area contributed by atoms with Gasteiger partial charge in [0.2, 0.25) is 0 Å². The molecule has 0 saturated carbocycles. The summed E-state index contributed by atoms with van der Waals surface area (Å²) in [5.74, 6) is 5.99. The Bertz CT molecular complexity index is 592. The quantitative estimate of drug-likeness (QED) is 0.851. The Labute approximate surface area is 131 Å². The average molecular weight is 299 g/mol. The van der Waals surface area contributed by atoms with Gasteiger partial charge in [0, 0.05) is 29.4 Å². The second kappa shape index (κ2) is 7.99. The van der Waals surface area contributed by atoms with Crippen LogP contribution in [0.2, 0.25) is 0 Å². The van der Waals surface area contributed by atoms with Crippen LogP contribution >= 0.6 is 11.3 Å². The van der Waals surface area contributed by atoms with Gasteiger partial charge in [0.05, 0.1) is 6.61 Å². The van der Waals surface area contributed by atoms with Crippen LogP contribution in [0.15, 0.2) is 41.8 Å². The lowest BCUT2D eigenvalue weighted by atomic mass is 10.1. The van der Waals surface area contributed by atoms with Crippen molar-refractivity contribution in [3.63, 3.8) is 0 Å². The van der Waals surface area contributed by atoms with Crippen LogP contribution in [-0.2, 0) is 6.54 Å². The first-order valence-electron chi connectivity index (χ1n) is 7.13. The maximum atomic E-state index is 8.71. The van der Waals surface area contributed by atoms with Crippen molar-refractivity contribution in [2.24, 2.45) is 0 Å². The molecule has 0 aliphatic carbocycles. The summed E-state index contributed by atoms with van der Waals surface area (Å²) < 4.78 is 0. The summed E-state index contributed by atoms with van der Waals surface area (Å²) in [7, 11) is 2.15. The molecular formula is C18H21NOS. The molecule has 1 atom stereocenters. The van der Waals surface area contributed by atoms with E-state index in [1.165, 1.54) is 10.4 Å². The van der Waals surface area contributed by atoms with E-state index in [2.05, 4.69) is 60.4 Å². The van der Waals surface area contributed by atoms with E-state index in [1.807, 2.05) is 12.1 Å². The molecular weight excluding hydrogens is 278 g/mol. The lowest BCUT2D eigenvalue weighted by Gasteiger charge is -2.23. The summed E-state index contributed by atoms with van der Waals surface area (Å²) in [6.07, 6.45) is 0.531. The van der Waals surface area contributed by atoms with E-state index in [1.54, 1.807) is 11.3 Å². The molecule has 1 aromatic heterocycles. The van der Waals surface area contributed by atoms with E-state index in [-0.39, 0.29) is 6.61 Å². The average Bonchev–Trinajstić information content (AvgIpc) is 3.02. The molecule has 0 bridgehead atoms. The Balaban J connectivity index is 1.95. The van der Waals surface area contributed by atoms with Gasteiger partial charge in [0.15, 0.2) is 0 Å². The maximum Gasteiger partial charge on any atom is 0.0540 e. The van der Waals surface area contributed by atoms with Crippen LogP contribution in [-0.4, -0.2) is 23.7 Å². The van der Waals surface area contributed by atoms with Crippen molar-refractivity contribution in [3.05, 3.63) is 57.8 Å². The van der Waals surface area contributed by atoms with Crippen molar-refractivity contribution in [2.45, 2.75) is 25.9 Å². The van der Waals surface area contributed by atoms with Crippen molar-refractivity contribution in [1.82, 2.24) is 4.90 Å². The number of thiophene rings is 1. The molecule has 2 aromatic rings. The van der Waals surface area contributed by atoms with Gasteiger partial charge in [-0.1, -0.05) is 30.0 Å². The second-order valence-electron chi connectivity index (χ2n) is 5.08. The van der Waals surface area contributed by atoms with Gasteiger partial charge in [-0.2, -0.15) is 0 Å². The molecule has 1 aromatic carbocycles. The molecule has 2 nitrogen and oxygen atoms in total. The molecule has 1 unspecified atom stereocenters. The van der Waals surface area contributed by atoms with Crippen LogP contribution in [0.4, 0.5) is 0 Å². The fraction of sp³-hybridized carbons (Fsp3) is 0.333. The molecule has 0 aliphatic heterocycles. The highest BCUT2D eigenvalue weighted by molar-refractivity contribution is 7.10. The molecule has 1 N–H and O–H groups in total. The molecule has 0 radical (unpaired) electrons. The zero-order valence-corrected chi connectivity index (χ0v) is 13.4. The van der Waals surface area contributed by atoms with Crippen LogP contribution in [0, 0.1) is 11.8 Å². The highest BCUT2D eigenvalue weighted by Crippen LogP contribution is 2.24. The van der Waals surface area contributed by atoms with E-state index in [0.29, 0.717) is 12.5 Å². The lowest BCUT2D eigenvalue weighted by molar-refractivity contribution is 0.256. The van der Waals surface area contributed by atoms with Crippen LogP contribution < -0.4 is 0 Å². The highest BCUT2D eigenvalue weighted by Gasteiger charge is 2.12. The third kappa shape index (κ3) is 4.71. The van der Waals surface area contributed by atoms with Crippen LogP contribution in [0.5, 0.6) is 0 Å². The van der Waals surface area contributed by atoms with Crippen molar-refractivity contribution in [3.8, 4) is 11.8 Å². The SMILES string of the molecule is CC(c1cccs1)N(C)Cc1ccc(C#CCCO)cc1. The molecule has 0 fully saturated rings. The van der Waals surface area contributed by atoms with E-state index in [4.69, 9.17) is 5.11 Å². The smallest absolute Gasteiger partial charge is 0.0540 e. The first-order chi connectivity index (χ1) is 10.2. The first kappa shape index (κ1) is 15.8. The monoisotopic (exact) mass is 299 g/mol. The summed E-state index contributed by atoms with van der Waals surface area (Å²) in [6.45, 7) is 3.28. The topological polar surface area (TPSA) is 23.5 Å². The Morgan fingerprint density at radius 1 is 1.24 bits per heavy atom. The molecule has 110 valence electrons. The molecule has 0 saturated heterocycles. The standard InChI is InChI=1S/C18H21NOS/c1-15(18-7-5-13-21-18)19(2)14-17-10-8-16(9-11-17)6-3-4-12-20/h5,7-11,13,15,20H,4,12,14H2,1-2H3. The lowest BCUT2D eigenvalue weighted by Crippen LogP contribution is -2.21. The summed E-state index contributed by atoms with van der Waals surface area (Å²) in [4.78, 5) is 3.74. The number of hydrogen-bond acceptors (Lipinski definition) is 3. The number of rotatable bonds is 5. The minimum Gasteiger partial charge on any atom is -0.395 e. The summed E-state index contributed by atoms with van der Waals surface area (Å²) in [5.41, 5.74) is 2.29. The van der Waals surface area contributed by atoms with Crippen molar-refractivity contribution in [2.75, 3.05) is 13.7 Å². The van der Waals surface area contributed by atoms with Crippen LogP contribution in [0.3, 0.4) is 0 Å². The third-order valence-corrected chi connectivity index (χ3v) is 4.51. The molecule has 2 rings (SSSR count). The van der Waals surface area contributed by atoms with Crippen LogP contribution in [0.25, 0.3) is 0 Å². The number of aliphatic hydroxyl groups is 1. The van der Waals surface area contributed by atoms with Gasteiger partial charge in [-0.25, -0.2) is 0 Å². The number of benzene rings is 1. The Hall–Kier alpha value is -1.60. The minimum absolute atomic E-state index is 0.122. The largest absolute Gasteiger partial charge is 0.395 e. The highest BCUT2D eigenvalue weighted by atomic mass is 32.1. The number of aliphatic hydroxyl groups excluding tert-OH is 1. The van der Waals surface area contributed by atoms with Crippen LogP contribution in [0.1, 0.15) is 35.4 Å². The molecule has 21 heavy (non-hydrogen) atoms. The fourth-order valence-electron chi connectivity index (χ4n) is 2.09. The second-order valence-corrected chi connectivity index (χ2v) is 6.06. The number of nitrogens with zero attached hydrogens (tertiary/aromatic N) is 1. The molecule has 3 heteroatoms. The van der Waals surface area contributed by atoms with Gasteiger partial charge < -0.3 is 5.11 Å². The Morgan fingerprint density at radius 2 is 2.00 bits per heavy atom.